The third-order valence-electron chi connectivity index (χ3n) is 4.04. The van der Waals surface area contributed by atoms with Gasteiger partial charge < -0.3 is 5.32 Å². The summed E-state index contributed by atoms with van der Waals surface area (Å²) in [6, 6.07) is 3.96. The summed E-state index contributed by atoms with van der Waals surface area (Å²) in [6.07, 6.45) is -4.42. The van der Waals surface area contributed by atoms with E-state index in [0.29, 0.717) is 11.5 Å². The van der Waals surface area contributed by atoms with Crippen LogP contribution in [0.4, 0.5) is 17.6 Å². The molecular weight excluding hydrogens is 246 g/mol. The zero-order chi connectivity index (χ0) is 13.0. The lowest BCUT2D eigenvalue weighted by Crippen LogP contribution is -2.20. The second-order valence-corrected chi connectivity index (χ2v) is 5.29. The fourth-order valence-corrected chi connectivity index (χ4v) is 3.06. The molecule has 3 rings (SSSR count). The largest absolute Gasteiger partial charge is 0.393 e. The molecule has 0 aromatic heterocycles. The Morgan fingerprint density at radius 1 is 1.33 bits per heavy atom. The Labute approximate surface area is 102 Å². The van der Waals surface area contributed by atoms with E-state index in [0.717, 1.165) is 25.6 Å². The van der Waals surface area contributed by atoms with E-state index in [-0.39, 0.29) is 11.0 Å². The molecule has 1 aromatic carbocycles. The Bertz CT molecular complexity index is 482. The normalized spacial score (nSPS) is 30.3. The van der Waals surface area contributed by atoms with Crippen LogP contribution in [0.3, 0.4) is 0 Å². The summed E-state index contributed by atoms with van der Waals surface area (Å²) in [7, 11) is 0. The van der Waals surface area contributed by atoms with E-state index in [1.165, 1.54) is 12.1 Å². The van der Waals surface area contributed by atoms with Crippen LogP contribution in [0.15, 0.2) is 18.2 Å². The third-order valence-corrected chi connectivity index (χ3v) is 4.04. The van der Waals surface area contributed by atoms with Crippen molar-refractivity contribution in [1.29, 1.82) is 0 Å². The van der Waals surface area contributed by atoms with Gasteiger partial charge in [-0.2, -0.15) is 13.2 Å². The number of benzene rings is 1. The number of piperidine rings is 1. The molecule has 0 amide bonds. The second kappa shape index (κ2) is 3.70. The summed E-state index contributed by atoms with van der Waals surface area (Å²) in [5.41, 5.74) is 0.410. The topological polar surface area (TPSA) is 12.0 Å². The number of hydrogen-bond donors (Lipinski definition) is 1. The Balaban J connectivity index is 1.86. The van der Waals surface area contributed by atoms with Crippen molar-refractivity contribution < 1.29 is 17.6 Å². The molecule has 2 fully saturated rings. The van der Waals surface area contributed by atoms with Gasteiger partial charge in [-0.1, -0.05) is 12.1 Å². The SMILES string of the molecule is Fc1cc(CC(F)(F)F)ccc1[C@@]12CNCC1C2. The maximum Gasteiger partial charge on any atom is 0.393 e. The molecule has 0 bridgehead atoms. The lowest BCUT2D eigenvalue weighted by Gasteiger charge is -2.15. The summed E-state index contributed by atoms with van der Waals surface area (Å²) in [5, 5.41) is 3.19. The van der Waals surface area contributed by atoms with Gasteiger partial charge in [-0.05, 0) is 36.1 Å². The molecule has 18 heavy (non-hydrogen) atoms. The fourth-order valence-electron chi connectivity index (χ4n) is 3.06. The van der Waals surface area contributed by atoms with Crippen molar-refractivity contribution in [2.24, 2.45) is 5.92 Å². The van der Waals surface area contributed by atoms with Crippen molar-refractivity contribution in [3.63, 3.8) is 0 Å². The Hall–Kier alpha value is -1.10. The van der Waals surface area contributed by atoms with E-state index in [4.69, 9.17) is 0 Å². The van der Waals surface area contributed by atoms with Crippen LogP contribution in [0.1, 0.15) is 17.5 Å². The number of rotatable bonds is 2. The Morgan fingerprint density at radius 2 is 2.11 bits per heavy atom. The first kappa shape index (κ1) is 12.0. The average molecular weight is 259 g/mol. The molecule has 1 saturated carbocycles. The number of fused-ring (bicyclic) bond motifs is 1. The van der Waals surface area contributed by atoms with Crippen LogP contribution in [0.25, 0.3) is 0 Å². The van der Waals surface area contributed by atoms with Crippen LogP contribution >= 0.6 is 0 Å². The maximum absolute atomic E-state index is 14.0. The van der Waals surface area contributed by atoms with Gasteiger partial charge in [0.1, 0.15) is 5.82 Å². The first-order valence-corrected chi connectivity index (χ1v) is 5.97. The molecule has 1 N–H and O–H groups in total. The highest BCUT2D eigenvalue weighted by Gasteiger charge is 2.59. The van der Waals surface area contributed by atoms with Gasteiger partial charge in [-0.25, -0.2) is 4.39 Å². The minimum atomic E-state index is -4.29. The first-order chi connectivity index (χ1) is 8.41. The summed E-state index contributed by atoms with van der Waals surface area (Å²) in [4.78, 5) is 0. The van der Waals surface area contributed by atoms with Crippen molar-refractivity contribution in [2.75, 3.05) is 13.1 Å². The lowest BCUT2D eigenvalue weighted by atomic mass is 9.93. The average Bonchev–Trinajstić information content (AvgIpc) is 2.79. The van der Waals surface area contributed by atoms with Gasteiger partial charge in [-0.3, -0.25) is 0 Å². The van der Waals surface area contributed by atoms with Gasteiger partial charge in [0.25, 0.3) is 0 Å². The molecule has 2 aliphatic rings. The maximum atomic E-state index is 14.0. The van der Waals surface area contributed by atoms with Crippen LogP contribution in [-0.2, 0) is 11.8 Å². The standard InChI is InChI=1S/C13H13F4N/c14-11-3-8(4-13(15,16)17)1-2-10(11)12-5-9(12)6-18-7-12/h1-3,9,18H,4-7H2/t9?,12-/m0/s1. The van der Waals surface area contributed by atoms with Gasteiger partial charge in [0, 0.05) is 12.0 Å². The van der Waals surface area contributed by atoms with Crippen LogP contribution < -0.4 is 5.32 Å². The number of hydrogen-bond acceptors (Lipinski definition) is 1. The molecule has 98 valence electrons. The van der Waals surface area contributed by atoms with Crippen LogP contribution in [0, 0.1) is 11.7 Å². The number of nitrogens with one attached hydrogen (secondary N) is 1. The molecule has 0 radical (unpaired) electrons. The molecule has 5 heteroatoms. The van der Waals surface area contributed by atoms with Crippen LogP contribution in [-0.4, -0.2) is 19.3 Å². The molecule has 1 aliphatic heterocycles. The van der Waals surface area contributed by atoms with Crippen molar-refractivity contribution in [3.05, 3.63) is 35.1 Å². The number of halogens is 4. The van der Waals surface area contributed by atoms with Crippen molar-refractivity contribution in [2.45, 2.75) is 24.4 Å². The smallest absolute Gasteiger partial charge is 0.316 e. The van der Waals surface area contributed by atoms with E-state index >= 15 is 0 Å². The van der Waals surface area contributed by atoms with Gasteiger partial charge in [0.15, 0.2) is 0 Å². The second-order valence-electron chi connectivity index (χ2n) is 5.29. The van der Waals surface area contributed by atoms with E-state index in [9.17, 15) is 17.6 Å². The number of alkyl halides is 3. The Kier molecular flexibility index (Phi) is 2.46. The minimum absolute atomic E-state index is 0.0108. The first-order valence-electron chi connectivity index (χ1n) is 5.97. The fraction of sp³-hybridized carbons (Fsp3) is 0.538. The van der Waals surface area contributed by atoms with Gasteiger partial charge >= 0.3 is 6.18 Å². The molecule has 0 spiro atoms. The molecule has 1 unspecified atom stereocenters. The predicted octanol–water partition coefficient (Wildman–Crippen LogP) is 2.79. The zero-order valence-corrected chi connectivity index (χ0v) is 9.65. The van der Waals surface area contributed by atoms with Crippen LogP contribution in [0.2, 0.25) is 0 Å². The van der Waals surface area contributed by atoms with E-state index < -0.39 is 18.4 Å². The summed E-state index contributed by atoms with van der Waals surface area (Å²) in [5.74, 6) is -0.0524. The highest BCUT2D eigenvalue weighted by molar-refractivity contribution is 5.39. The highest BCUT2D eigenvalue weighted by Crippen LogP contribution is 2.57. The highest BCUT2D eigenvalue weighted by atomic mass is 19.4. The molecule has 1 aromatic rings. The molecule has 1 saturated heterocycles. The van der Waals surface area contributed by atoms with Gasteiger partial charge in [-0.15, -0.1) is 0 Å². The van der Waals surface area contributed by atoms with Gasteiger partial charge in [0.2, 0.25) is 0 Å². The van der Waals surface area contributed by atoms with Crippen molar-refractivity contribution in [3.8, 4) is 0 Å². The summed E-state index contributed by atoms with van der Waals surface area (Å²) in [6.45, 7) is 1.61. The third kappa shape index (κ3) is 1.90. The van der Waals surface area contributed by atoms with E-state index in [2.05, 4.69) is 5.32 Å². The summed E-state index contributed by atoms with van der Waals surface area (Å²) >= 11 is 0. The monoisotopic (exact) mass is 259 g/mol. The minimum Gasteiger partial charge on any atom is -0.316 e. The van der Waals surface area contributed by atoms with E-state index in [1.54, 1.807) is 0 Å². The molecule has 1 aliphatic carbocycles. The van der Waals surface area contributed by atoms with Crippen molar-refractivity contribution >= 4 is 0 Å². The molecular formula is C13H13F4N. The van der Waals surface area contributed by atoms with Crippen LogP contribution in [0.5, 0.6) is 0 Å². The molecule has 1 nitrogen and oxygen atoms in total. The quantitative estimate of drug-likeness (QED) is 0.805. The molecule has 1 heterocycles. The predicted molar refractivity (Wildman–Crippen MR) is 58.8 cm³/mol. The van der Waals surface area contributed by atoms with Gasteiger partial charge in [0.05, 0.1) is 6.42 Å². The Morgan fingerprint density at radius 3 is 2.61 bits per heavy atom. The van der Waals surface area contributed by atoms with Crippen molar-refractivity contribution in [1.82, 2.24) is 5.32 Å². The summed E-state index contributed by atoms with van der Waals surface area (Å²) < 4.78 is 50.6. The van der Waals surface area contributed by atoms with E-state index in [1.807, 2.05) is 0 Å². The lowest BCUT2D eigenvalue weighted by molar-refractivity contribution is -0.127. The molecule has 2 atom stereocenters. The zero-order valence-electron chi connectivity index (χ0n) is 9.65.